The fraction of sp³-hybridized carbons (Fsp3) is 0.455. The van der Waals surface area contributed by atoms with Gasteiger partial charge in [-0.1, -0.05) is 0 Å². The minimum Gasteiger partial charge on any atom is -0.481 e. The first-order chi connectivity index (χ1) is 7.76. The number of amides is 1. The average molecular weight is 224 g/mol. The van der Waals surface area contributed by atoms with E-state index in [2.05, 4.69) is 10.3 Å². The largest absolute Gasteiger partial charge is 0.481 e. The van der Waals surface area contributed by atoms with Gasteiger partial charge in [-0.2, -0.15) is 0 Å². The Balaban J connectivity index is 2.38. The zero-order valence-electron chi connectivity index (χ0n) is 9.27. The quantitative estimate of drug-likeness (QED) is 0.737. The second-order valence-corrected chi connectivity index (χ2v) is 3.31. The molecule has 0 radical (unpaired) electrons. The number of pyridine rings is 1. The van der Waals surface area contributed by atoms with Crippen molar-refractivity contribution in [3.63, 3.8) is 0 Å². The summed E-state index contributed by atoms with van der Waals surface area (Å²) >= 11 is 0. The number of methoxy groups -OCH3 is 1. The monoisotopic (exact) mass is 224 g/mol. The molecule has 88 valence electrons. The van der Waals surface area contributed by atoms with E-state index < -0.39 is 0 Å². The number of hydrogen-bond donors (Lipinski definition) is 2. The van der Waals surface area contributed by atoms with Gasteiger partial charge in [0.15, 0.2) is 0 Å². The highest BCUT2D eigenvalue weighted by atomic mass is 16.5. The SMILES string of the molecule is COc1cc(CNC(=O)CCCO)ccn1. The Bertz CT molecular complexity index is 342. The van der Waals surface area contributed by atoms with Crippen molar-refractivity contribution in [3.05, 3.63) is 23.9 Å². The van der Waals surface area contributed by atoms with Gasteiger partial charge in [-0.05, 0) is 18.1 Å². The Hall–Kier alpha value is -1.62. The molecule has 0 unspecified atom stereocenters. The summed E-state index contributed by atoms with van der Waals surface area (Å²) in [6.45, 7) is 0.486. The molecule has 0 aliphatic carbocycles. The van der Waals surface area contributed by atoms with Crippen LogP contribution in [0.25, 0.3) is 0 Å². The lowest BCUT2D eigenvalue weighted by Gasteiger charge is -2.05. The molecule has 0 fully saturated rings. The summed E-state index contributed by atoms with van der Waals surface area (Å²) in [5.41, 5.74) is 0.934. The number of aliphatic hydroxyl groups is 1. The van der Waals surface area contributed by atoms with Crippen LogP contribution in [0.5, 0.6) is 5.88 Å². The molecule has 1 heterocycles. The summed E-state index contributed by atoms with van der Waals surface area (Å²) in [4.78, 5) is 15.2. The predicted octanol–water partition coefficient (Wildman–Crippen LogP) is 0.479. The number of nitrogens with zero attached hydrogens (tertiary/aromatic N) is 1. The topological polar surface area (TPSA) is 71.5 Å². The van der Waals surface area contributed by atoms with E-state index in [9.17, 15) is 4.79 Å². The molecule has 1 aromatic rings. The summed E-state index contributed by atoms with van der Waals surface area (Å²) in [6.07, 6.45) is 2.47. The summed E-state index contributed by atoms with van der Waals surface area (Å²) in [5.74, 6) is 0.465. The molecule has 0 saturated carbocycles. The summed E-state index contributed by atoms with van der Waals surface area (Å²) < 4.78 is 4.97. The number of carbonyl (C=O) groups is 1. The Morgan fingerprint density at radius 2 is 2.44 bits per heavy atom. The molecular formula is C11H16N2O3. The molecule has 0 aliphatic heterocycles. The average Bonchev–Trinajstić information content (AvgIpc) is 2.34. The van der Waals surface area contributed by atoms with Crippen LogP contribution in [0.15, 0.2) is 18.3 Å². The van der Waals surface area contributed by atoms with Gasteiger partial charge in [-0.25, -0.2) is 4.98 Å². The van der Waals surface area contributed by atoms with Crippen LogP contribution >= 0.6 is 0 Å². The van der Waals surface area contributed by atoms with E-state index in [1.165, 1.54) is 0 Å². The molecule has 1 aromatic heterocycles. The van der Waals surface area contributed by atoms with Gasteiger partial charge in [0.2, 0.25) is 11.8 Å². The van der Waals surface area contributed by atoms with Crippen LogP contribution in [0.4, 0.5) is 0 Å². The fourth-order valence-electron chi connectivity index (χ4n) is 1.20. The van der Waals surface area contributed by atoms with E-state index in [4.69, 9.17) is 9.84 Å². The summed E-state index contributed by atoms with van der Waals surface area (Å²) in [5, 5.41) is 11.3. The van der Waals surface area contributed by atoms with E-state index in [1.54, 1.807) is 19.4 Å². The Kier molecular flexibility index (Phi) is 5.28. The van der Waals surface area contributed by atoms with Crippen LogP contribution < -0.4 is 10.1 Å². The molecule has 1 rings (SSSR count). The molecule has 0 saturated heterocycles. The highest BCUT2D eigenvalue weighted by Gasteiger charge is 2.01. The molecule has 0 aromatic carbocycles. The lowest BCUT2D eigenvalue weighted by atomic mass is 10.2. The predicted molar refractivity (Wildman–Crippen MR) is 59.0 cm³/mol. The molecule has 5 heteroatoms. The number of hydrogen-bond acceptors (Lipinski definition) is 4. The maximum atomic E-state index is 11.3. The van der Waals surface area contributed by atoms with Gasteiger partial charge in [-0.3, -0.25) is 4.79 Å². The number of aromatic nitrogens is 1. The van der Waals surface area contributed by atoms with Gasteiger partial charge in [0.25, 0.3) is 0 Å². The van der Waals surface area contributed by atoms with Crippen LogP contribution in [-0.2, 0) is 11.3 Å². The molecule has 0 aliphatic rings. The van der Waals surface area contributed by atoms with E-state index in [1.807, 2.05) is 6.07 Å². The first kappa shape index (κ1) is 12.4. The van der Waals surface area contributed by atoms with Gasteiger partial charge < -0.3 is 15.2 Å². The number of aliphatic hydroxyl groups excluding tert-OH is 1. The highest BCUT2D eigenvalue weighted by Crippen LogP contribution is 2.07. The van der Waals surface area contributed by atoms with Crippen LogP contribution in [0.2, 0.25) is 0 Å². The Morgan fingerprint density at radius 3 is 3.12 bits per heavy atom. The molecular weight excluding hydrogens is 208 g/mol. The lowest BCUT2D eigenvalue weighted by molar-refractivity contribution is -0.121. The minimum absolute atomic E-state index is 0.0382. The van der Waals surface area contributed by atoms with Crippen molar-refractivity contribution < 1.29 is 14.6 Å². The standard InChI is InChI=1S/C11H16N2O3/c1-16-11-7-9(4-5-12-11)8-13-10(15)3-2-6-14/h4-5,7,14H,2-3,6,8H2,1H3,(H,13,15). The Labute approximate surface area is 94.5 Å². The molecule has 5 nitrogen and oxygen atoms in total. The van der Waals surface area contributed by atoms with Gasteiger partial charge >= 0.3 is 0 Å². The van der Waals surface area contributed by atoms with Crippen molar-refractivity contribution in [1.82, 2.24) is 10.3 Å². The van der Waals surface area contributed by atoms with Crippen LogP contribution in [0.3, 0.4) is 0 Å². The molecule has 0 atom stereocenters. The second-order valence-electron chi connectivity index (χ2n) is 3.31. The zero-order valence-corrected chi connectivity index (χ0v) is 9.27. The summed E-state index contributed by atoms with van der Waals surface area (Å²) in [6, 6.07) is 3.58. The maximum Gasteiger partial charge on any atom is 0.220 e. The van der Waals surface area contributed by atoms with E-state index in [0.717, 1.165) is 5.56 Å². The summed E-state index contributed by atoms with van der Waals surface area (Å²) in [7, 11) is 1.55. The van der Waals surface area contributed by atoms with E-state index >= 15 is 0 Å². The van der Waals surface area contributed by atoms with Crippen LogP contribution in [0, 0.1) is 0 Å². The number of rotatable bonds is 6. The third kappa shape index (κ3) is 4.27. The third-order valence-electron chi connectivity index (χ3n) is 2.06. The van der Waals surface area contributed by atoms with Gasteiger partial charge in [0.1, 0.15) is 0 Å². The van der Waals surface area contributed by atoms with Gasteiger partial charge in [0.05, 0.1) is 7.11 Å². The second kappa shape index (κ2) is 6.79. The highest BCUT2D eigenvalue weighted by molar-refractivity contribution is 5.75. The van der Waals surface area contributed by atoms with Gasteiger partial charge in [0, 0.05) is 31.8 Å². The molecule has 1 amide bonds. The maximum absolute atomic E-state index is 11.3. The molecule has 0 bridgehead atoms. The minimum atomic E-state index is -0.0650. The van der Waals surface area contributed by atoms with Gasteiger partial charge in [-0.15, -0.1) is 0 Å². The van der Waals surface area contributed by atoms with E-state index in [0.29, 0.717) is 25.3 Å². The molecule has 16 heavy (non-hydrogen) atoms. The van der Waals surface area contributed by atoms with Crippen molar-refractivity contribution in [3.8, 4) is 5.88 Å². The number of carbonyl (C=O) groups excluding carboxylic acids is 1. The van der Waals surface area contributed by atoms with Crippen molar-refractivity contribution >= 4 is 5.91 Å². The van der Waals surface area contributed by atoms with Crippen LogP contribution in [0.1, 0.15) is 18.4 Å². The molecule has 0 spiro atoms. The van der Waals surface area contributed by atoms with Crippen LogP contribution in [-0.4, -0.2) is 29.7 Å². The van der Waals surface area contributed by atoms with Crippen molar-refractivity contribution in [2.45, 2.75) is 19.4 Å². The molecule has 2 N–H and O–H groups in total. The van der Waals surface area contributed by atoms with Crippen molar-refractivity contribution in [2.75, 3.05) is 13.7 Å². The zero-order chi connectivity index (χ0) is 11.8. The first-order valence-corrected chi connectivity index (χ1v) is 5.12. The third-order valence-corrected chi connectivity index (χ3v) is 2.06. The lowest BCUT2D eigenvalue weighted by Crippen LogP contribution is -2.22. The number of nitrogens with one attached hydrogen (secondary N) is 1. The van der Waals surface area contributed by atoms with Crippen molar-refractivity contribution in [2.24, 2.45) is 0 Å². The number of ether oxygens (including phenoxy) is 1. The van der Waals surface area contributed by atoms with E-state index in [-0.39, 0.29) is 12.5 Å². The van der Waals surface area contributed by atoms with Crippen molar-refractivity contribution in [1.29, 1.82) is 0 Å². The fourth-order valence-corrected chi connectivity index (χ4v) is 1.20. The first-order valence-electron chi connectivity index (χ1n) is 5.12. The smallest absolute Gasteiger partial charge is 0.220 e. The normalized spacial score (nSPS) is 9.88. The Morgan fingerprint density at radius 1 is 1.62 bits per heavy atom.